The van der Waals surface area contributed by atoms with Crippen molar-refractivity contribution in [1.82, 2.24) is 5.32 Å². The number of benzene rings is 3. The summed E-state index contributed by atoms with van der Waals surface area (Å²) in [5.41, 5.74) is 3.78. The summed E-state index contributed by atoms with van der Waals surface area (Å²) in [6.45, 7) is 6.96. The Hall–Kier alpha value is -3.27. The van der Waals surface area contributed by atoms with Gasteiger partial charge < -0.3 is 14.8 Å². The minimum atomic E-state index is -0.0718. The fourth-order valence-electron chi connectivity index (χ4n) is 3.48. The quantitative estimate of drug-likeness (QED) is 0.424. The molecular weight excluding hydrogens is 386 g/mol. The van der Waals surface area contributed by atoms with Crippen LogP contribution in [0, 0.1) is 0 Å². The van der Waals surface area contributed by atoms with Gasteiger partial charge in [-0.3, -0.25) is 4.79 Å². The van der Waals surface area contributed by atoms with E-state index in [1.165, 1.54) is 5.56 Å². The van der Waals surface area contributed by atoms with Gasteiger partial charge in [-0.2, -0.15) is 0 Å². The second-order valence-electron chi connectivity index (χ2n) is 7.60. The maximum absolute atomic E-state index is 12.6. The summed E-state index contributed by atoms with van der Waals surface area (Å²) in [6, 6.07) is 23.9. The van der Waals surface area contributed by atoms with Gasteiger partial charge in [-0.15, -0.1) is 0 Å². The van der Waals surface area contributed by atoms with Crippen LogP contribution in [0.4, 0.5) is 0 Å². The van der Waals surface area contributed by atoms with E-state index >= 15 is 0 Å². The summed E-state index contributed by atoms with van der Waals surface area (Å²) in [7, 11) is 0. The third-order valence-corrected chi connectivity index (χ3v) is 5.08. The molecule has 3 aromatic rings. The van der Waals surface area contributed by atoms with Crippen molar-refractivity contribution in [3.63, 3.8) is 0 Å². The molecule has 3 aromatic carbocycles. The Kier molecular flexibility index (Phi) is 8.11. The Morgan fingerprint density at radius 1 is 0.903 bits per heavy atom. The molecule has 0 aliphatic carbocycles. The van der Waals surface area contributed by atoms with Crippen LogP contribution in [0.5, 0.6) is 11.5 Å². The summed E-state index contributed by atoms with van der Waals surface area (Å²) in [5, 5.41) is 3.05. The third kappa shape index (κ3) is 6.35. The average molecular weight is 418 g/mol. The molecule has 0 aliphatic rings. The lowest BCUT2D eigenvalue weighted by Gasteiger charge is -2.16. The van der Waals surface area contributed by atoms with E-state index in [-0.39, 0.29) is 11.9 Å². The molecule has 1 N–H and O–H groups in total. The van der Waals surface area contributed by atoms with Crippen LogP contribution in [-0.2, 0) is 6.61 Å². The smallest absolute Gasteiger partial charge is 0.251 e. The molecule has 0 aliphatic heterocycles. The largest absolute Gasteiger partial charge is 0.493 e. The Morgan fingerprint density at radius 2 is 1.61 bits per heavy atom. The lowest BCUT2D eigenvalue weighted by Crippen LogP contribution is -2.32. The Labute approximate surface area is 185 Å². The fraction of sp³-hybridized carbons (Fsp3) is 0.296. The van der Waals surface area contributed by atoms with Crippen molar-refractivity contribution in [3.8, 4) is 22.6 Å². The summed E-state index contributed by atoms with van der Waals surface area (Å²) >= 11 is 0. The van der Waals surface area contributed by atoms with Crippen LogP contribution in [0.3, 0.4) is 0 Å². The van der Waals surface area contributed by atoms with Gasteiger partial charge in [0.2, 0.25) is 0 Å². The SMILES string of the molecule is CCC[C@H](C)NC(=O)c1ccc(OCC)c(COc2ccc(-c3ccccc3)cc2)c1. The second-order valence-corrected chi connectivity index (χ2v) is 7.60. The van der Waals surface area contributed by atoms with E-state index in [0.29, 0.717) is 18.8 Å². The molecular formula is C27H31NO3. The second kappa shape index (κ2) is 11.2. The van der Waals surface area contributed by atoms with E-state index in [0.717, 1.165) is 35.5 Å². The van der Waals surface area contributed by atoms with Crippen LogP contribution in [0.1, 0.15) is 49.5 Å². The highest BCUT2D eigenvalue weighted by Crippen LogP contribution is 2.25. The zero-order valence-electron chi connectivity index (χ0n) is 18.6. The molecule has 0 saturated carbocycles. The number of rotatable bonds is 10. The first-order valence-electron chi connectivity index (χ1n) is 11.0. The molecule has 0 aromatic heterocycles. The van der Waals surface area contributed by atoms with Crippen LogP contribution in [0.25, 0.3) is 11.1 Å². The summed E-state index contributed by atoms with van der Waals surface area (Å²) in [5.74, 6) is 1.44. The van der Waals surface area contributed by atoms with Crippen LogP contribution in [0.2, 0.25) is 0 Å². The molecule has 0 spiro atoms. The van der Waals surface area contributed by atoms with Crippen LogP contribution >= 0.6 is 0 Å². The Morgan fingerprint density at radius 3 is 2.29 bits per heavy atom. The normalized spacial score (nSPS) is 11.6. The molecule has 0 unspecified atom stereocenters. The number of hydrogen-bond acceptors (Lipinski definition) is 3. The van der Waals surface area contributed by atoms with E-state index in [4.69, 9.17) is 9.47 Å². The average Bonchev–Trinajstić information content (AvgIpc) is 2.79. The molecule has 0 fully saturated rings. The summed E-state index contributed by atoms with van der Waals surface area (Å²) < 4.78 is 11.8. The topological polar surface area (TPSA) is 47.6 Å². The zero-order chi connectivity index (χ0) is 22.1. The van der Waals surface area contributed by atoms with Crippen LogP contribution in [0.15, 0.2) is 72.8 Å². The molecule has 162 valence electrons. The highest BCUT2D eigenvalue weighted by atomic mass is 16.5. The number of amides is 1. The fourth-order valence-corrected chi connectivity index (χ4v) is 3.48. The molecule has 4 heteroatoms. The van der Waals surface area contributed by atoms with Gasteiger partial charge in [-0.25, -0.2) is 0 Å². The molecule has 31 heavy (non-hydrogen) atoms. The van der Waals surface area contributed by atoms with Crippen molar-refractivity contribution in [3.05, 3.63) is 83.9 Å². The van der Waals surface area contributed by atoms with Crippen molar-refractivity contribution in [1.29, 1.82) is 0 Å². The van der Waals surface area contributed by atoms with E-state index in [2.05, 4.69) is 24.4 Å². The zero-order valence-corrected chi connectivity index (χ0v) is 18.6. The predicted octanol–water partition coefficient (Wildman–Crippen LogP) is 6.25. The maximum atomic E-state index is 12.6. The van der Waals surface area contributed by atoms with Crippen molar-refractivity contribution in [2.45, 2.75) is 46.3 Å². The summed E-state index contributed by atoms with van der Waals surface area (Å²) in [6.07, 6.45) is 1.99. The number of carbonyl (C=O) groups is 1. The van der Waals surface area contributed by atoms with Crippen LogP contribution < -0.4 is 14.8 Å². The van der Waals surface area contributed by atoms with Crippen molar-refractivity contribution >= 4 is 5.91 Å². The molecule has 1 atom stereocenters. The number of carbonyl (C=O) groups excluding carboxylic acids is 1. The molecule has 4 nitrogen and oxygen atoms in total. The lowest BCUT2D eigenvalue weighted by atomic mass is 10.1. The standard InChI is InChI=1S/C27H31NO3/c1-4-9-20(3)28-27(29)23-14-17-26(30-5-2)24(18-23)19-31-25-15-12-22(13-16-25)21-10-7-6-8-11-21/h6-8,10-18,20H,4-5,9,19H2,1-3H3,(H,28,29)/t20-/m0/s1. The van der Waals surface area contributed by atoms with Crippen molar-refractivity contribution in [2.24, 2.45) is 0 Å². The Bertz CT molecular complexity index is 968. The van der Waals surface area contributed by atoms with Gasteiger partial charge in [0.05, 0.1) is 6.61 Å². The van der Waals surface area contributed by atoms with Gasteiger partial charge >= 0.3 is 0 Å². The molecule has 0 bridgehead atoms. The number of hydrogen-bond donors (Lipinski definition) is 1. The van der Waals surface area contributed by atoms with Gasteiger partial charge in [0, 0.05) is 17.2 Å². The maximum Gasteiger partial charge on any atom is 0.251 e. The number of ether oxygens (including phenoxy) is 2. The molecule has 3 rings (SSSR count). The Balaban J connectivity index is 1.71. The van der Waals surface area contributed by atoms with Crippen molar-refractivity contribution < 1.29 is 14.3 Å². The number of nitrogens with one attached hydrogen (secondary N) is 1. The van der Waals surface area contributed by atoms with Gasteiger partial charge in [0.25, 0.3) is 5.91 Å². The van der Waals surface area contributed by atoms with E-state index in [1.807, 2.05) is 68.4 Å². The highest BCUT2D eigenvalue weighted by molar-refractivity contribution is 5.94. The lowest BCUT2D eigenvalue weighted by molar-refractivity contribution is 0.0938. The monoisotopic (exact) mass is 417 g/mol. The van der Waals surface area contributed by atoms with E-state index in [9.17, 15) is 4.79 Å². The first-order valence-corrected chi connectivity index (χ1v) is 11.0. The minimum Gasteiger partial charge on any atom is -0.493 e. The van der Waals surface area contributed by atoms with Gasteiger partial charge in [-0.05, 0) is 61.7 Å². The summed E-state index contributed by atoms with van der Waals surface area (Å²) in [4.78, 5) is 12.6. The molecule has 0 saturated heterocycles. The van der Waals surface area contributed by atoms with Crippen LogP contribution in [-0.4, -0.2) is 18.6 Å². The predicted molar refractivity (Wildman–Crippen MR) is 126 cm³/mol. The van der Waals surface area contributed by atoms with E-state index in [1.54, 1.807) is 6.07 Å². The third-order valence-electron chi connectivity index (χ3n) is 5.08. The molecule has 1 amide bonds. The first-order chi connectivity index (χ1) is 15.1. The van der Waals surface area contributed by atoms with Crippen molar-refractivity contribution in [2.75, 3.05) is 6.61 Å². The van der Waals surface area contributed by atoms with Gasteiger partial charge in [-0.1, -0.05) is 55.8 Å². The van der Waals surface area contributed by atoms with Gasteiger partial charge in [0.1, 0.15) is 18.1 Å². The molecule has 0 heterocycles. The minimum absolute atomic E-state index is 0.0718. The highest BCUT2D eigenvalue weighted by Gasteiger charge is 2.13. The van der Waals surface area contributed by atoms with E-state index < -0.39 is 0 Å². The first kappa shape index (κ1) is 22.4. The van der Waals surface area contributed by atoms with Gasteiger partial charge in [0.15, 0.2) is 0 Å². The molecule has 0 radical (unpaired) electrons.